The normalized spacial score (nSPS) is 22.1. The maximum Gasteiger partial charge on any atom is 0.292 e. The summed E-state index contributed by atoms with van der Waals surface area (Å²) in [5, 5.41) is 3.16. The molecule has 1 atom stereocenters. The van der Waals surface area contributed by atoms with Gasteiger partial charge in [-0.2, -0.15) is 4.98 Å². The van der Waals surface area contributed by atoms with E-state index in [9.17, 15) is 0 Å². The molecule has 0 amide bonds. The van der Waals surface area contributed by atoms with E-state index in [1.54, 1.807) is 0 Å². The van der Waals surface area contributed by atoms with Gasteiger partial charge in [0.15, 0.2) is 0 Å². The summed E-state index contributed by atoms with van der Waals surface area (Å²) >= 11 is 0. The van der Waals surface area contributed by atoms with Crippen LogP contribution in [-0.4, -0.2) is 12.0 Å². The van der Waals surface area contributed by atoms with Crippen molar-refractivity contribution in [1.29, 1.82) is 0 Å². The third-order valence-electron chi connectivity index (χ3n) is 2.08. The molecule has 1 aliphatic carbocycles. The van der Waals surface area contributed by atoms with Gasteiger partial charge in [-0.3, -0.25) is 0 Å². The van der Waals surface area contributed by atoms with Gasteiger partial charge in [0.25, 0.3) is 6.01 Å². The minimum Gasteiger partial charge on any atom is -0.429 e. The zero-order valence-electron chi connectivity index (χ0n) is 6.42. The zero-order chi connectivity index (χ0) is 7.84. The van der Waals surface area contributed by atoms with Gasteiger partial charge in [0.05, 0.1) is 6.04 Å². The number of nitrogen functional groups attached to an aromatic ring is 1. The van der Waals surface area contributed by atoms with Crippen molar-refractivity contribution in [1.82, 2.24) is 10.3 Å². The van der Waals surface area contributed by atoms with E-state index in [2.05, 4.69) is 10.3 Å². The Morgan fingerprint density at radius 3 is 3.27 bits per heavy atom. The summed E-state index contributed by atoms with van der Waals surface area (Å²) in [6, 6.07) is 0.626. The predicted molar refractivity (Wildman–Crippen MR) is 41.0 cm³/mol. The molecule has 0 radical (unpaired) electrons. The van der Waals surface area contributed by atoms with Gasteiger partial charge in [0.2, 0.25) is 0 Å². The van der Waals surface area contributed by atoms with Crippen molar-refractivity contribution in [2.45, 2.75) is 18.9 Å². The molecule has 0 aromatic carbocycles. The molecule has 0 spiro atoms. The Labute approximate surface area is 64.8 Å². The highest BCUT2D eigenvalue weighted by Crippen LogP contribution is 2.31. The molecule has 0 aliphatic heterocycles. The minimum absolute atomic E-state index is 0.287. The summed E-state index contributed by atoms with van der Waals surface area (Å²) in [4.78, 5) is 4.09. The third kappa shape index (κ3) is 0.903. The van der Waals surface area contributed by atoms with E-state index in [0.717, 1.165) is 24.3 Å². The first-order chi connectivity index (χ1) is 5.31. The monoisotopic (exact) mass is 153 g/mol. The molecule has 1 heterocycles. The number of hydrogen-bond acceptors (Lipinski definition) is 4. The lowest BCUT2D eigenvalue weighted by Crippen LogP contribution is -2.13. The molecule has 60 valence electrons. The lowest BCUT2D eigenvalue weighted by Gasteiger charge is -2.04. The first-order valence-corrected chi connectivity index (χ1v) is 3.73. The molecule has 1 aromatic rings. The fourth-order valence-electron chi connectivity index (χ4n) is 1.53. The van der Waals surface area contributed by atoms with Gasteiger partial charge in [-0.05, 0) is 13.5 Å². The summed E-state index contributed by atoms with van der Waals surface area (Å²) in [7, 11) is 1.92. The van der Waals surface area contributed by atoms with Gasteiger partial charge >= 0.3 is 0 Å². The lowest BCUT2D eigenvalue weighted by atomic mass is 10.2. The highest BCUT2D eigenvalue weighted by Gasteiger charge is 2.26. The van der Waals surface area contributed by atoms with Gasteiger partial charge in [0, 0.05) is 6.42 Å². The predicted octanol–water partition coefficient (Wildman–Crippen LogP) is 0.463. The maximum absolute atomic E-state index is 5.40. The van der Waals surface area contributed by atoms with Crippen molar-refractivity contribution in [3.05, 3.63) is 11.5 Å². The first kappa shape index (κ1) is 6.67. The Bertz CT molecular complexity index is 269. The number of oxazole rings is 1. The van der Waals surface area contributed by atoms with Crippen molar-refractivity contribution >= 4 is 6.01 Å². The van der Waals surface area contributed by atoms with E-state index in [-0.39, 0.29) is 6.01 Å². The fraction of sp³-hybridized carbons (Fsp3) is 0.571. The summed E-state index contributed by atoms with van der Waals surface area (Å²) in [5.74, 6) is 0.946. The molecule has 0 saturated heterocycles. The van der Waals surface area contributed by atoms with Crippen molar-refractivity contribution in [2.24, 2.45) is 0 Å². The van der Waals surface area contributed by atoms with E-state index in [4.69, 9.17) is 10.2 Å². The van der Waals surface area contributed by atoms with Crippen molar-refractivity contribution in [3.8, 4) is 0 Å². The van der Waals surface area contributed by atoms with Crippen LogP contribution < -0.4 is 11.1 Å². The molecule has 1 aromatic heterocycles. The van der Waals surface area contributed by atoms with E-state index in [1.807, 2.05) is 7.05 Å². The van der Waals surface area contributed by atoms with Crippen molar-refractivity contribution < 1.29 is 4.42 Å². The van der Waals surface area contributed by atoms with Gasteiger partial charge in [-0.15, -0.1) is 0 Å². The highest BCUT2D eigenvalue weighted by atomic mass is 16.4. The van der Waals surface area contributed by atoms with E-state index in [1.165, 1.54) is 0 Å². The fourth-order valence-corrected chi connectivity index (χ4v) is 1.53. The average molecular weight is 153 g/mol. The number of nitrogens with one attached hydrogen (secondary N) is 1. The van der Waals surface area contributed by atoms with E-state index < -0.39 is 0 Å². The zero-order valence-corrected chi connectivity index (χ0v) is 6.42. The summed E-state index contributed by atoms with van der Waals surface area (Å²) in [5.41, 5.74) is 6.39. The Kier molecular flexibility index (Phi) is 1.35. The largest absolute Gasteiger partial charge is 0.429 e. The third-order valence-corrected chi connectivity index (χ3v) is 2.08. The number of rotatable bonds is 1. The quantitative estimate of drug-likeness (QED) is 0.615. The Hall–Kier alpha value is -1.03. The first-order valence-electron chi connectivity index (χ1n) is 3.73. The van der Waals surface area contributed by atoms with Crippen LogP contribution in [0.3, 0.4) is 0 Å². The smallest absolute Gasteiger partial charge is 0.292 e. The molecule has 3 N–H and O–H groups in total. The average Bonchev–Trinajstić information content (AvgIpc) is 2.45. The van der Waals surface area contributed by atoms with Crippen LogP contribution in [0, 0.1) is 0 Å². The van der Waals surface area contributed by atoms with Crippen molar-refractivity contribution in [3.63, 3.8) is 0 Å². The Balaban J connectivity index is 2.37. The van der Waals surface area contributed by atoms with Crippen LogP contribution in [0.4, 0.5) is 6.01 Å². The van der Waals surface area contributed by atoms with Gasteiger partial charge < -0.3 is 15.5 Å². The van der Waals surface area contributed by atoms with Crippen LogP contribution in [0.15, 0.2) is 4.42 Å². The number of aromatic nitrogens is 1. The molecular formula is C7H11N3O. The Morgan fingerprint density at radius 2 is 2.55 bits per heavy atom. The standard InChI is InChI=1S/C7H11N3O/c1-9-4-2-3-5-6(4)10-7(8)11-5/h4,9H,2-3H2,1H3,(H2,8,10). The molecule has 1 aliphatic rings. The van der Waals surface area contributed by atoms with Crippen LogP contribution >= 0.6 is 0 Å². The van der Waals surface area contributed by atoms with E-state index >= 15 is 0 Å². The van der Waals surface area contributed by atoms with Crippen LogP contribution in [0.25, 0.3) is 0 Å². The molecule has 11 heavy (non-hydrogen) atoms. The van der Waals surface area contributed by atoms with Gasteiger partial charge in [0.1, 0.15) is 11.5 Å². The molecule has 2 rings (SSSR count). The molecule has 0 saturated carbocycles. The second-order valence-corrected chi connectivity index (χ2v) is 2.74. The number of fused-ring (bicyclic) bond motifs is 1. The van der Waals surface area contributed by atoms with Crippen LogP contribution in [0.5, 0.6) is 0 Å². The molecule has 1 unspecified atom stereocenters. The van der Waals surface area contributed by atoms with Crippen LogP contribution in [0.1, 0.15) is 23.9 Å². The highest BCUT2D eigenvalue weighted by molar-refractivity contribution is 5.26. The van der Waals surface area contributed by atoms with Gasteiger partial charge in [-0.25, -0.2) is 0 Å². The number of hydrogen-bond donors (Lipinski definition) is 2. The number of nitrogens with two attached hydrogens (primary N) is 1. The molecule has 4 nitrogen and oxygen atoms in total. The second-order valence-electron chi connectivity index (χ2n) is 2.74. The lowest BCUT2D eigenvalue weighted by molar-refractivity contribution is 0.517. The summed E-state index contributed by atoms with van der Waals surface area (Å²) in [6.45, 7) is 0. The second kappa shape index (κ2) is 2.23. The number of anilines is 1. The topological polar surface area (TPSA) is 64.1 Å². The van der Waals surface area contributed by atoms with Crippen LogP contribution in [-0.2, 0) is 6.42 Å². The van der Waals surface area contributed by atoms with Gasteiger partial charge in [-0.1, -0.05) is 0 Å². The van der Waals surface area contributed by atoms with E-state index in [0.29, 0.717) is 6.04 Å². The number of aryl methyl sites for hydroxylation is 1. The molecule has 0 fully saturated rings. The van der Waals surface area contributed by atoms with Crippen molar-refractivity contribution in [2.75, 3.05) is 12.8 Å². The minimum atomic E-state index is 0.287. The Morgan fingerprint density at radius 1 is 1.73 bits per heavy atom. The summed E-state index contributed by atoms with van der Waals surface area (Å²) < 4.78 is 5.18. The SMILES string of the molecule is CNC1CCc2oc(N)nc21. The number of nitrogens with zero attached hydrogens (tertiary/aromatic N) is 1. The summed E-state index contributed by atoms with van der Waals surface area (Å²) in [6.07, 6.45) is 2.02. The molecule has 4 heteroatoms. The van der Waals surface area contributed by atoms with Crippen LogP contribution in [0.2, 0.25) is 0 Å². The molecule has 0 bridgehead atoms. The molecular weight excluding hydrogens is 142 g/mol. The maximum atomic E-state index is 5.40.